The van der Waals surface area contributed by atoms with Crippen LogP contribution in [0.1, 0.15) is 23.5 Å². The van der Waals surface area contributed by atoms with Crippen molar-refractivity contribution in [2.24, 2.45) is 5.73 Å². The molecule has 0 aliphatic carbocycles. The number of rotatable bonds is 5. The Kier molecular flexibility index (Phi) is 6.73. The molecule has 1 aliphatic rings. The summed E-state index contributed by atoms with van der Waals surface area (Å²) in [5, 5.41) is 0. The number of benzene rings is 1. The van der Waals surface area contributed by atoms with Crippen molar-refractivity contribution >= 4 is 5.91 Å². The second-order valence-corrected chi connectivity index (χ2v) is 8.22. The fraction of sp³-hybridized carbons (Fsp3) is 0.318. The van der Waals surface area contributed by atoms with Gasteiger partial charge < -0.3 is 15.2 Å². The molecule has 0 fully saturated rings. The van der Waals surface area contributed by atoms with E-state index in [1.807, 2.05) is 0 Å². The van der Waals surface area contributed by atoms with Crippen LogP contribution in [0, 0.1) is 29.3 Å². The van der Waals surface area contributed by atoms with Gasteiger partial charge in [0.1, 0.15) is 5.82 Å². The van der Waals surface area contributed by atoms with Gasteiger partial charge in [-0.1, -0.05) is 0 Å². The van der Waals surface area contributed by atoms with Gasteiger partial charge in [-0.3, -0.25) is 4.79 Å². The van der Waals surface area contributed by atoms with Crippen LogP contribution in [-0.4, -0.2) is 37.9 Å². The lowest BCUT2D eigenvalue weighted by Gasteiger charge is -2.30. The predicted molar refractivity (Wildman–Crippen MR) is 108 cm³/mol. The molecule has 192 valence electrons. The molecule has 0 radical (unpaired) electrons. The Morgan fingerprint density at radius 2 is 1.58 bits per heavy atom. The number of alkyl halides is 3. The Labute approximate surface area is 198 Å². The summed E-state index contributed by atoms with van der Waals surface area (Å²) in [6, 6.07) is 1.41. The van der Waals surface area contributed by atoms with Gasteiger partial charge in [-0.25, -0.2) is 18.2 Å². The molecule has 0 spiro atoms. The number of pyridine rings is 1. The molecule has 14 heteroatoms. The normalized spacial score (nSPS) is 14.6. The molecule has 1 aliphatic heterocycles. The van der Waals surface area contributed by atoms with Crippen LogP contribution in [0.3, 0.4) is 0 Å². The molecular weight excluding hydrogens is 502 g/mol. The van der Waals surface area contributed by atoms with Crippen LogP contribution in [0.25, 0.3) is 11.3 Å². The first-order chi connectivity index (χ1) is 16.8. The van der Waals surface area contributed by atoms with E-state index >= 15 is 0 Å². The summed E-state index contributed by atoms with van der Waals surface area (Å²) >= 11 is 0. The maximum atomic E-state index is 13.9. The van der Waals surface area contributed by atoms with E-state index in [4.69, 9.17) is 5.73 Å². The lowest BCUT2D eigenvalue weighted by Crippen LogP contribution is -2.42. The van der Waals surface area contributed by atoms with Gasteiger partial charge in [-0.15, -0.1) is 0 Å². The van der Waals surface area contributed by atoms with Gasteiger partial charge in [-0.2, -0.15) is 26.9 Å². The van der Waals surface area contributed by atoms with E-state index in [0.717, 1.165) is 16.7 Å². The molecule has 3 aromatic rings. The second-order valence-electron chi connectivity index (χ2n) is 8.22. The highest BCUT2D eigenvalue weighted by Gasteiger charge is 2.41. The Morgan fingerprint density at radius 3 is 2.22 bits per heavy atom. The average Bonchev–Trinajstić information content (AvgIpc) is 3.16. The van der Waals surface area contributed by atoms with Crippen LogP contribution in [0.5, 0.6) is 0 Å². The number of fused-ring (bicyclic) bond motifs is 1. The van der Waals surface area contributed by atoms with Crippen LogP contribution in [0.4, 0.5) is 35.1 Å². The van der Waals surface area contributed by atoms with Crippen molar-refractivity contribution in [1.82, 2.24) is 19.4 Å². The van der Waals surface area contributed by atoms with E-state index in [1.165, 1.54) is 4.90 Å². The van der Waals surface area contributed by atoms with Crippen molar-refractivity contribution < 1.29 is 39.9 Å². The summed E-state index contributed by atoms with van der Waals surface area (Å²) in [6.45, 7) is -0.850. The van der Waals surface area contributed by atoms with Crippen molar-refractivity contribution in [3.8, 4) is 11.3 Å². The molecule has 1 aromatic carbocycles. The molecule has 0 bridgehead atoms. The number of halogens is 8. The number of aromatic nitrogens is 3. The van der Waals surface area contributed by atoms with Gasteiger partial charge in [-0.05, 0) is 18.1 Å². The number of imidazole rings is 1. The minimum Gasteiger partial charge on any atom is -0.335 e. The third-order valence-electron chi connectivity index (χ3n) is 5.66. The molecule has 1 atom stereocenters. The maximum Gasteiger partial charge on any atom is 0.449 e. The van der Waals surface area contributed by atoms with Crippen LogP contribution in [0.2, 0.25) is 0 Å². The van der Waals surface area contributed by atoms with Gasteiger partial charge >= 0.3 is 6.18 Å². The number of carbonyl (C=O) groups excluding carboxylic acids is 1. The van der Waals surface area contributed by atoms with Gasteiger partial charge in [0.25, 0.3) is 0 Å². The van der Waals surface area contributed by atoms with Crippen molar-refractivity contribution in [2.75, 3.05) is 6.54 Å². The van der Waals surface area contributed by atoms with Gasteiger partial charge in [0.2, 0.25) is 23.6 Å². The van der Waals surface area contributed by atoms with Crippen LogP contribution >= 0.6 is 0 Å². The Hall–Kier alpha value is -3.55. The Morgan fingerprint density at radius 1 is 0.944 bits per heavy atom. The first-order valence-corrected chi connectivity index (χ1v) is 10.5. The summed E-state index contributed by atoms with van der Waals surface area (Å²) in [6.07, 6.45) is -5.56. The highest BCUT2D eigenvalue weighted by Crippen LogP contribution is 2.36. The zero-order chi connectivity index (χ0) is 26.4. The zero-order valence-corrected chi connectivity index (χ0v) is 18.2. The monoisotopic (exact) mass is 519 g/mol. The van der Waals surface area contributed by atoms with Gasteiger partial charge in [0.15, 0.2) is 11.6 Å². The number of hydrogen-bond acceptors (Lipinski definition) is 4. The van der Waals surface area contributed by atoms with E-state index in [-0.39, 0.29) is 55.0 Å². The van der Waals surface area contributed by atoms with Crippen molar-refractivity contribution in [2.45, 2.75) is 38.1 Å². The molecule has 4 rings (SSSR count). The molecule has 0 saturated carbocycles. The van der Waals surface area contributed by atoms with Crippen LogP contribution in [-0.2, 0) is 30.5 Å². The highest BCUT2D eigenvalue weighted by molar-refractivity contribution is 5.77. The van der Waals surface area contributed by atoms with E-state index in [2.05, 4.69) is 9.97 Å². The predicted octanol–water partition coefficient (Wildman–Crippen LogP) is 3.96. The summed E-state index contributed by atoms with van der Waals surface area (Å²) < 4.78 is 109. The number of hydrogen-bond donors (Lipinski definition) is 1. The average molecular weight is 519 g/mol. The lowest BCUT2D eigenvalue weighted by atomic mass is 10.0. The fourth-order valence-electron chi connectivity index (χ4n) is 4.06. The molecule has 1 amide bonds. The lowest BCUT2D eigenvalue weighted by molar-refractivity contribution is -0.148. The van der Waals surface area contributed by atoms with Crippen molar-refractivity contribution in [3.05, 3.63) is 70.7 Å². The zero-order valence-electron chi connectivity index (χ0n) is 18.2. The van der Waals surface area contributed by atoms with Crippen LogP contribution in [0.15, 0.2) is 24.3 Å². The maximum absolute atomic E-state index is 13.9. The second kappa shape index (κ2) is 9.48. The van der Waals surface area contributed by atoms with Crippen LogP contribution < -0.4 is 5.73 Å². The number of carbonyl (C=O) groups is 1. The molecule has 1 unspecified atom stereocenters. The molecule has 2 N–H and O–H groups in total. The van der Waals surface area contributed by atoms with Gasteiger partial charge in [0.05, 0.1) is 17.9 Å². The molecule has 6 nitrogen and oxygen atoms in total. The smallest absolute Gasteiger partial charge is 0.335 e. The molecule has 3 heterocycles. The number of nitrogens with zero attached hydrogens (tertiary/aromatic N) is 4. The Bertz CT molecular complexity index is 1300. The third-order valence-corrected chi connectivity index (χ3v) is 5.66. The Balaban J connectivity index is 1.57. The first-order valence-electron chi connectivity index (χ1n) is 10.5. The third kappa shape index (κ3) is 5.17. The van der Waals surface area contributed by atoms with E-state index < -0.39 is 53.3 Å². The minimum absolute atomic E-state index is 0.104. The molecule has 0 saturated heterocycles. The molecular formula is C22H17F8N5O. The quantitative estimate of drug-likeness (QED) is 0.315. The summed E-state index contributed by atoms with van der Waals surface area (Å²) in [4.78, 5) is 20.5. The van der Waals surface area contributed by atoms with E-state index in [9.17, 15) is 39.9 Å². The van der Waals surface area contributed by atoms with Crippen molar-refractivity contribution in [3.63, 3.8) is 0 Å². The highest BCUT2D eigenvalue weighted by atomic mass is 19.4. The standard InChI is InChI=1S/C22H17F8N5O/c23-13-8-15(25)14(24)4-10(13)3-12(31)7-19(36)34-1-2-35-16(9-34)20(33-21(35)22(28,29)30)11-5-17(26)32-18(27)6-11/h4-6,8,12H,1-3,7,9,31H2. The molecule has 2 aromatic heterocycles. The minimum atomic E-state index is -4.87. The number of nitrogens with two attached hydrogens (primary N) is 1. The largest absolute Gasteiger partial charge is 0.449 e. The first kappa shape index (κ1) is 25.5. The molecule has 36 heavy (non-hydrogen) atoms. The van der Waals surface area contributed by atoms with E-state index in [0.29, 0.717) is 12.1 Å². The van der Waals surface area contributed by atoms with E-state index in [1.54, 1.807) is 0 Å². The summed E-state index contributed by atoms with van der Waals surface area (Å²) in [5.74, 6) is -8.13. The van der Waals surface area contributed by atoms with Crippen molar-refractivity contribution in [1.29, 1.82) is 0 Å². The summed E-state index contributed by atoms with van der Waals surface area (Å²) in [7, 11) is 0. The topological polar surface area (TPSA) is 77.0 Å². The van der Waals surface area contributed by atoms with Gasteiger partial charge in [0, 0.05) is 49.3 Å². The summed E-state index contributed by atoms with van der Waals surface area (Å²) in [5.41, 5.74) is 4.88. The number of amides is 1. The fourth-order valence-corrected chi connectivity index (χ4v) is 4.06. The SMILES string of the molecule is NC(CC(=O)N1CCn2c(C(F)(F)F)nc(-c3cc(F)nc(F)c3)c2C1)Cc1cc(F)c(F)cc1F.